The highest BCUT2D eigenvalue weighted by molar-refractivity contribution is 6.30. The van der Waals surface area contributed by atoms with Crippen LogP contribution in [-0.2, 0) is 25.5 Å². The summed E-state index contributed by atoms with van der Waals surface area (Å²) in [5, 5.41) is 11.9. The molecule has 0 spiro atoms. The molecule has 114 valence electrons. The third-order valence-corrected chi connectivity index (χ3v) is 2.99. The number of ether oxygens (including phenoxy) is 1. The summed E-state index contributed by atoms with van der Waals surface area (Å²) < 4.78 is 4.43. The van der Waals surface area contributed by atoms with Gasteiger partial charge in [-0.05, 0) is 24.1 Å². The van der Waals surface area contributed by atoms with Crippen molar-refractivity contribution < 1.29 is 24.2 Å². The standard InChI is InChI=1S/C14H16ClNO5/c1-21-13(18)6-5-11(14(19)20)16-12(17)8-9-3-2-4-10(15)7-9/h2-4,7,11H,5-6,8H2,1H3,(H,16,17)(H,19,20)/t11-/m1/s1. The van der Waals surface area contributed by atoms with Crippen LogP contribution in [0.15, 0.2) is 24.3 Å². The Morgan fingerprint density at radius 1 is 1.38 bits per heavy atom. The Hall–Kier alpha value is -2.08. The average molecular weight is 314 g/mol. The van der Waals surface area contributed by atoms with Crippen LogP contribution in [0.1, 0.15) is 18.4 Å². The zero-order valence-electron chi connectivity index (χ0n) is 11.5. The van der Waals surface area contributed by atoms with Crippen LogP contribution >= 0.6 is 11.6 Å². The lowest BCUT2D eigenvalue weighted by Gasteiger charge is -2.14. The third-order valence-electron chi connectivity index (χ3n) is 2.75. The number of rotatable bonds is 7. The Balaban J connectivity index is 2.56. The fourth-order valence-corrected chi connectivity index (χ4v) is 1.91. The van der Waals surface area contributed by atoms with Gasteiger partial charge < -0.3 is 15.2 Å². The molecule has 0 aliphatic carbocycles. The topological polar surface area (TPSA) is 92.7 Å². The molecule has 0 saturated heterocycles. The number of amides is 1. The largest absolute Gasteiger partial charge is 0.480 e. The molecule has 1 amide bonds. The number of carbonyl (C=O) groups is 3. The van der Waals surface area contributed by atoms with Gasteiger partial charge >= 0.3 is 11.9 Å². The van der Waals surface area contributed by atoms with Crippen molar-refractivity contribution in [2.75, 3.05) is 7.11 Å². The number of hydrogen-bond donors (Lipinski definition) is 2. The maximum atomic E-state index is 11.8. The molecule has 0 radical (unpaired) electrons. The zero-order valence-corrected chi connectivity index (χ0v) is 12.2. The Labute approximate surface area is 127 Å². The number of carboxylic acid groups (broad SMARTS) is 1. The van der Waals surface area contributed by atoms with Gasteiger partial charge in [0, 0.05) is 11.4 Å². The van der Waals surface area contributed by atoms with Gasteiger partial charge in [-0.2, -0.15) is 0 Å². The van der Waals surface area contributed by atoms with Crippen LogP contribution in [0.2, 0.25) is 5.02 Å². The molecule has 0 unspecified atom stereocenters. The van der Waals surface area contributed by atoms with E-state index in [1.54, 1.807) is 24.3 Å². The van der Waals surface area contributed by atoms with Crippen molar-refractivity contribution in [3.8, 4) is 0 Å². The van der Waals surface area contributed by atoms with Crippen molar-refractivity contribution >= 4 is 29.4 Å². The van der Waals surface area contributed by atoms with Gasteiger partial charge in [-0.1, -0.05) is 23.7 Å². The van der Waals surface area contributed by atoms with Gasteiger partial charge in [0.1, 0.15) is 6.04 Å². The summed E-state index contributed by atoms with van der Waals surface area (Å²) in [6.07, 6.45) is -0.0865. The fraction of sp³-hybridized carbons (Fsp3) is 0.357. The van der Waals surface area contributed by atoms with Crippen LogP contribution in [0, 0.1) is 0 Å². The quantitative estimate of drug-likeness (QED) is 0.742. The SMILES string of the molecule is COC(=O)CC[C@@H](NC(=O)Cc1cccc(Cl)c1)C(=O)O. The number of hydrogen-bond acceptors (Lipinski definition) is 4. The third kappa shape index (κ3) is 6.27. The lowest BCUT2D eigenvalue weighted by molar-refractivity contribution is -0.144. The molecule has 6 nitrogen and oxygen atoms in total. The Morgan fingerprint density at radius 2 is 2.10 bits per heavy atom. The van der Waals surface area contributed by atoms with E-state index in [-0.39, 0.29) is 19.3 Å². The number of nitrogens with one attached hydrogen (secondary N) is 1. The normalized spacial score (nSPS) is 11.5. The second-order valence-corrected chi connectivity index (χ2v) is 4.82. The second-order valence-electron chi connectivity index (χ2n) is 4.38. The van der Waals surface area contributed by atoms with E-state index in [0.717, 1.165) is 0 Å². The zero-order chi connectivity index (χ0) is 15.8. The summed E-state index contributed by atoms with van der Waals surface area (Å²) in [6, 6.07) is 5.60. The number of esters is 1. The molecule has 0 bridgehead atoms. The molecule has 0 heterocycles. The molecular formula is C14H16ClNO5. The highest BCUT2D eigenvalue weighted by Crippen LogP contribution is 2.11. The van der Waals surface area contributed by atoms with Crippen molar-refractivity contribution in [1.29, 1.82) is 0 Å². The Morgan fingerprint density at radius 3 is 2.67 bits per heavy atom. The van der Waals surface area contributed by atoms with E-state index in [2.05, 4.69) is 10.1 Å². The fourth-order valence-electron chi connectivity index (χ4n) is 1.70. The minimum absolute atomic E-state index is 0.0164. The first-order valence-corrected chi connectivity index (χ1v) is 6.63. The average Bonchev–Trinajstić information content (AvgIpc) is 2.42. The van der Waals surface area contributed by atoms with E-state index >= 15 is 0 Å². The van der Waals surface area contributed by atoms with Crippen LogP contribution in [0.4, 0.5) is 0 Å². The molecule has 0 aromatic heterocycles. The van der Waals surface area contributed by atoms with Crippen LogP contribution in [0.5, 0.6) is 0 Å². The minimum Gasteiger partial charge on any atom is -0.480 e. The molecule has 0 saturated carbocycles. The van der Waals surface area contributed by atoms with Crippen molar-refractivity contribution in [3.63, 3.8) is 0 Å². The number of carboxylic acids is 1. The van der Waals surface area contributed by atoms with E-state index in [0.29, 0.717) is 10.6 Å². The molecule has 1 atom stereocenters. The Bertz CT molecular complexity index is 532. The van der Waals surface area contributed by atoms with Crippen LogP contribution in [-0.4, -0.2) is 36.1 Å². The lowest BCUT2D eigenvalue weighted by atomic mass is 10.1. The van der Waals surface area contributed by atoms with Gasteiger partial charge in [0.25, 0.3) is 0 Å². The monoisotopic (exact) mass is 313 g/mol. The van der Waals surface area contributed by atoms with Crippen molar-refractivity contribution in [1.82, 2.24) is 5.32 Å². The number of benzene rings is 1. The molecule has 1 rings (SSSR count). The summed E-state index contributed by atoms with van der Waals surface area (Å²) in [4.78, 5) is 33.9. The highest BCUT2D eigenvalue weighted by atomic mass is 35.5. The van der Waals surface area contributed by atoms with Gasteiger partial charge in [0.05, 0.1) is 13.5 Å². The molecule has 7 heteroatoms. The van der Waals surface area contributed by atoms with E-state index in [4.69, 9.17) is 16.7 Å². The van der Waals surface area contributed by atoms with Gasteiger partial charge in [0.15, 0.2) is 0 Å². The molecule has 0 aliphatic rings. The smallest absolute Gasteiger partial charge is 0.326 e. The van der Waals surface area contributed by atoms with Gasteiger partial charge in [-0.15, -0.1) is 0 Å². The van der Waals surface area contributed by atoms with Crippen molar-refractivity contribution in [2.45, 2.75) is 25.3 Å². The second kappa shape index (κ2) is 8.26. The first kappa shape index (κ1) is 17.0. The highest BCUT2D eigenvalue weighted by Gasteiger charge is 2.21. The first-order chi connectivity index (χ1) is 9.92. The van der Waals surface area contributed by atoms with Crippen LogP contribution in [0.3, 0.4) is 0 Å². The minimum atomic E-state index is -1.20. The number of methoxy groups -OCH3 is 1. The number of halogens is 1. The van der Waals surface area contributed by atoms with Crippen LogP contribution in [0.25, 0.3) is 0 Å². The summed E-state index contributed by atoms with van der Waals surface area (Å²) in [5.74, 6) is -2.17. The number of carbonyl (C=O) groups excluding carboxylic acids is 2. The number of aliphatic carboxylic acids is 1. The van der Waals surface area contributed by atoms with Crippen molar-refractivity contribution in [2.24, 2.45) is 0 Å². The molecule has 1 aromatic rings. The molecule has 0 fully saturated rings. The van der Waals surface area contributed by atoms with Gasteiger partial charge in [-0.3, -0.25) is 9.59 Å². The summed E-state index contributed by atoms with van der Waals surface area (Å²) >= 11 is 5.81. The molecule has 1 aromatic carbocycles. The van der Waals surface area contributed by atoms with E-state index < -0.39 is 23.9 Å². The van der Waals surface area contributed by atoms with Crippen molar-refractivity contribution in [3.05, 3.63) is 34.9 Å². The van der Waals surface area contributed by atoms with E-state index in [9.17, 15) is 14.4 Å². The molecule has 0 aliphatic heterocycles. The predicted molar refractivity (Wildman–Crippen MR) is 76.0 cm³/mol. The first-order valence-electron chi connectivity index (χ1n) is 6.25. The predicted octanol–water partition coefficient (Wildman–Crippen LogP) is 1.41. The maximum absolute atomic E-state index is 11.8. The summed E-state index contributed by atoms with van der Waals surface area (Å²) in [7, 11) is 1.22. The van der Waals surface area contributed by atoms with Gasteiger partial charge in [0.2, 0.25) is 5.91 Å². The van der Waals surface area contributed by atoms with E-state index in [1.165, 1.54) is 7.11 Å². The molecular weight excluding hydrogens is 298 g/mol. The maximum Gasteiger partial charge on any atom is 0.326 e. The summed E-state index contributed by atoms with van der Waals surface area (Å²) in [5.41, 5.74) is 0.678. The summed E-state index contributed by atoms with van der Waals surface area (Å²) in [6.45, 7) is 0. The van der Waals surface area contributed by atoms with E-state index in [1.807, 2.05) is 0 Å². The molecule has 2 N–H and O–H groups in total. The Kier molecular flexibility index (Phi) is 6.68. The van der Waals surface area contributed by atoms with Gasteiger partial charge in [-0.25, -0.2) is 4.79 Å². The van der Waals surface area contributed by atoms with Crippen LogP contribution < -0.4 is 5.32 Å². The molecule has 21 heavy (non-hydrogen) atoms. The lowest BCUT2D eigenvalue weighted by Crippen LogP contribution is -2.41.